The number of pyridine rings is 1. The third kappa shape index (κ3) is 6.58. The maximum absolute atomic E-state index is 13.2. The lowest BCUT2D eigenvalue weighted by molar-refractivity contribution is -0.119. The number of hydrogen-bond donors (Lipinski definition) is 1. The molecule has 1 fully saturated rings. The number of amides is 1. The number of hydrogen-bond acceptors (Lipinski definition) is 6. The first kappa shape index (κ1) is 24.7. The molecule has 2 aromatic carbocycles. The summed E-state index contributed by atoms with van der Waals surface area (Å²) < 4.78 is 43.4. The highest BCUT2D eigenvalue weighted by atomic mass is 32.2. The summed E-state index contributed by atoms with van der Waals surface area (Å²) in [6, 6.07) is 14.8. The van der Waals surface area contributed by atoms with Gasteiger partial charge in [0.15, 0.2) is 15.6 Å². The first-order chi connectivity index (χ1) is 16.8. The van der Waals surface area contributed by atoms with Crippen LogP contribution in [0.5, 0.6) is 0 Å². The van der Waals surface area contributed by atoms with E-state index in [2.05, 4.69) is 10.3 Å². The lowest BCUT2D eigenvalue weighted by atomic mass is 9.91. The lowest BCUT2D eigenvalue weighted by Crippen LogP contribution is -2.33. The Hall–Kier alpha value is -3.43. The molecule has 9 heteroatoms. The summed E-state index contributed by atoms with van der Waals surface area (Å²) in [5, 5.41) is 2.78. The van der Waals surface area contributed by atoms with E-state index in [1.54, 1.807) is 18.5 Å². The summed E-state index contributed by atoms with van der Waals surface area (Å²) in [6.45, 7) is 0.894. The van der Waals surface area contributed by atoms with Gasteiger partial charge in [-0.2, -0.15) is 0 Å². The zero-order chi connectivity index (χ0) is 24.8. The number of benzene rings is 2. The van der Waals surface area contributed by atoms with Crippen LogP contribution in [0.15, 0.2) is 78.0 Å². The number of nitrogens with zero attached hydrogens (tertiary/aromatic N) is 1. The van der Waals surface area contributed by atoms with Gasteiger partial charge in [-0.05, 0) is 66.6 Å². The minimum Gasteiger partial charge on any atom is -0.381 e. The van der Waals surface area contributed by atoms with Crippen LogP contribution in [0.1, 0.15) is 22.3 Å². The van der Waals surface area contributed by atoms with E-state index in [0.29, 0.717) is 24.5 Å². The number of halogens is 1. The number of nitrogens with one attached hydrogen (secondary N) is 1. The van der Waals surface area contributed by atoms with E-state index < -0.39 is 21.6 Å². The Kier molecular flexibility index (Phi) is 7.67. The molecular weight excluding hydrogens is 471 g/mol. The van der Waals surface area contributed by atoms with Crippen molar-refractivity contribution in [1.82, 2.24) is 4.98 Å². The molecule has 0 spiro atoms. The third-order valence-electron chi connectivity index (χ3n) is 5.82. The molecular formula is C26H25FN2O5S. The van der Waals surface area contributed by atoms with Gasteiger partial charge in [0.2, 0.25) is 5.91 Å². The second-order valence-corrected chi connectivity index (χ2v) is 10.6. The number of sulfone groups is 1. The van der Waals surface area contributed by atoms with Crippen LogP contribution < -0.4 is 5.32 Å². The van der Waals surface area contributed by atoms with Gasteiger partial charge < -0.3 is 10.1 Å². The Morgan fingerprint density at radius 2 is 1.77 bits per heavy atom. The second-order valence-electron chi connectivity index (χ2n) is 8.60. The smallest absolute Gasteiger partial charge is 0.228 e. The molecule has 1 amide bonds. The van der Waals surface area contributed by atoms with Crippen molar-refractivity contribution in [3.05, 3.63) is 90.0 Å². The first-order valence-corrected chi connectivity index (χ1v) is 12.8. The number of carbonyl (C=O) groups is 2. The molecule has 0 unspecified atom stereocenters. The van der Waals surface area contributed by atoms with Crippen molar-refractivity contribution in [2.24, 2.45) is 11.8 Å². The number of Topliss-reactive ketones (excluding diaryl/α,β-unsaturated/α-hetero) is 1. The van der Waals surface area contributed by atoms with Gasteiger partial charge in [0.1, 0.15) is 5.82 Å². The van der Waals surface area contributed by atoms with E-state index in [4.69, 9.17) is 4.74 Å². The molecule has 182 valence electrons. The van der Waals surface area contributed by atoms with Crippen LogP contribution in [-0.2, 0) is 25.8 Å². The summed E-state index contributed by atoms with van der Waals surface area (Å²) in [5.41, 5.74) is 1.54. The molecule has 1 N–H and O–H groups in total. The summed E-state index contributed by atoms with van der Waals surface area (Å²) in [4.78, 5) is 30.2. The number of aromatic nitrogens is 1. The quantitative estimate of drug-likeness (QED) is 0.430. The van der Waals surface area contributed by atoms with Gasteiger partial charge >= 0.3 is 0 Å². The van der Waals surface area contributed by atoms with E-state index in [1.807, 2.05) is 6.07 Å². The average Bonchev–Trinajstić information content (AvgIpc) is 2.82. The van der Waals surface area contributed by atoms with Gasteiger partial charge in [0.25, 0.3) is 0 Å². The molecule has 1 aliphatic heterocycles. The molecule has 0 bridgehead atoms. The number of carbonyl (C=O) groups excluding carboxylic acids is 2. The van der Waals surface area contributed by atoms with Crippen molar-refractivity contribution >= 4 is 27.2 Å². The Balaban J connectivity index is 1.47. The van der Waals surface area contributed by atoms with Crippen molar-refractivity contribution < 1.29 is 27.1 Å². The zero-order valence-corrected chi connectivity index (χ0v) is 19.7. The predicted molar refractivity (Wildman–Crippen MR) is 128 cm³/mol. The van der Waals surface area contributed by atoms with E-state index in [-0.39, 0.29) is 41.1 Å². The molecule has 1 saturated heterocycles. The summed E-state index contributed by atoms with van der Waals surface area (Å²) in [7, 11) is -3.44. The summed E-state index contributed by atoms with van der Waals surface area (Å²) >= 11 is 0. The maximum Gasteiger partial charge on any atom is 0.228 e. The number of ketones is 1. The number of rotatable bonds is 10. The average molecular weight is 497 g/mol. The van der Waals surface area contributed by atoms with Gasteiger partial charge in [0, 0.05) is 41.9 Å². The standard InChI is InChI=1S/C26H25FN2O5S/c27-22-5-3-20(4-6-22)25(30)13-21(12-18-2-1-11-28-14-18)26(31)29-23-7-9-24(10-8-23)35(32,33)17-19-15-34-16-19/h1-11,14,19,21H,12-13,15-17H2,(H,29,31)/t21-/m1/s1. The minimum absolute atomic E-state index is 0.00579. The zero-order valence-electron chi connectivity index (χ0n) is 18.9. The Bertz CT molecular complexity index is 1280. The SMILES string of the molecule is O=C(C[C@@H](Cc1cccnc1)C(=O)Nc1ccc(S(=O)(=O)CC2COC2)cc1)c1ccc(F)cc1. The number of anilines is 1. The fourth-order valence-corrected chi connectivity index (χ4v) is 5.37. The summed E-state index contributed by atoms with van der Waals surface area (Å²) in [6.07, 6.45) is 3.45. The third-order valence-corrected chi connectivity index (χ3v) is 7.72. The van der Waals surface area contributed by atoms with E-state index in [9.17, 15) is 22.4 Å². The van der Waals surface area contributed by atoms with Crippen LogP contribution in [0.25, 0.3) is 0 Å². The van der Waals surface area contributed by atoms with Crippen molar-refractivity contribution in [2.75, 3.05) is 24.3 Å². The second kappa shape index (κ2) is 10.9. The van der Waals surface area contributed by atoms with Crippen LogP contribution in [0.2, 0.25) is 0 Å². The molecule has 7 nitrogen and oxygen atoms in total. The van der Waals surface area contributed by atoms with Crippen molar-refractivity contribution in [3.8, 4) is 0 Å². The molecule has 0 saturated carbocycles. The van der Waals surface area contributed by atoms with Gasteiger partial charge in [-0.15, -0.1) is 0 Å². The van der Waals surface area contributed by atoms with Crippen LogP contribution in [-0.4, -0.2) is 44.1 Å². The lowest BCUT2D eigenvalue weighted by Gasteiger charge is -2.25. The topological polar surface area (TPSA) is 102 Å². The van der Waals surface area contributed by atoms with Crippen LogP contribution in [0.4, 0.5) is 10.1 Å². The fraction of sp³-hybridized carbons (Fsp3) is 0.269. The highest BCUT2D eigenvalue weighted by Crippen LogP contribution is 2.22. The molecule has 0 aliphatic carbocycles. The normalized spacial score (nSPS) is 14.7. The Morgan fingerprint density at radius 3 is 2.37 bits per heavy atom. The highest BCUT2D eigenvalue weighted by molar-refractivity contribution is 7.91. The van der Waals surface area contributed by atoms with Crippen LogP contribution >= 0.6 is 0 Å². The molecule has 1 atom stereocenters. The molecule has 1 aromatic heterocycles. The Morgan fingerprint density at radius 1 is 1.06 bits per heavy atom. The van der Waals surface area contributed by atoms with E-state index in [1.165, 1.54) is 48.5 Å². The van der Waals surface area contributed by atoms with Gasteiger partial charge in [-0.1, -0.05) is 6.07 Å². The van der Waals surface area contributed by atoms with Crippen LogP contribution in [0, 0.1) is 17.7 Å². The molecule has 1 aliphatic rings. The summed E-state index contributed by atoms with van der Waals surface area (Å²) in [5.74, 6) is -1.79. The van der Waals surface area contributed by atoms with Crippen molar-refractivity contribution in [3.63, 3.8) is 0 Å². The number of ether oxygens (including phenoxy) is 1. The molecule has 3 aromatic rings. The largest absolute Gasteiger partial charge is 0.381 e. The Labute approximate surface area is 203 Å². The van der Waals surface area contributed by atoms with Gasteiger partial charge in [-0.3, -0.25) is 14.6 Å². The predicted octanol–water partition coefficient (Wildman–Crippen LogP) is 3.71. The van der Waals surface area contributed by atoms with E-state index in [0.717, 1.165) is 5.56 Å². The highest BCUT2D eigenvalue weighted by Gasteiger charge is 2.27. The van der Waals surface area contributed by atoms with Crippen molar-refractivity contribution in [1.29, 1.82) is 0 Å². The molecule has 2 heterocycles. The molecule has 35 heavy (non-hydrogen) atoms. The first-order valence-electron chi connectivity index (χ1n) is 11.2. The van der Waals surface area contributed by atoms with Gasteiger partial charge in [-0.25, -0.2) is 12.8 Å². The molecule has 4 rings (SSSR count). The molecule has 0 radical (unpaired) electrons. The van der Waals surface area contributed by atoms with Gasteiger partial charge in [0.05, 0.1) is 23.9 Å². The van der Waals surface area contributed by atoms with Crippen molar-refractivity contribution in [2.45, 2.75) is 17.7 Å². The minimum atomic E-state index is -3.44. The monoisotopic (exact) mass is 496 g/mol. The van der Waals surface area contributed by atoms with E-state index >= 15 is 0 Å². The fourth-order valence-electron chi connectivity index (χ4n) is 3.82. The van der Waals surface area contributed by atoms with Crippen LogP contribution in [0.3, 0.4) is 0 Å². The maximum atomic E-state index is 13.2.